The quantitative estimate of drug-likeness (QED) is 0.216. The van der Waals surface area contributed by atoms with Gasteiger partial charge in [-0.3, -0.25) is 4.79 Å². The van der Waals surface area contributed by atoms with Crippen molar-refractivity contribution >= 4 is 39.1 Å². The fraction of sp³-hybridized carbons (Fsp3) is 0.261. The fourth-order valence-electron chi connectivity index (χ4n) is 3.86. The summed E-state index contributed by atoms with van der Waals surface area (Å²) in [4.78, 5) is 24.0. The molecule has 0 saturated heterocycles. The highest BCUT2D eigenvalue weighted by Gasteiger charge is 2.28. The summed E-state index contributed by atoms with van der Waals surface area (Å²) in [5, 5.41) is 1.90. The zero-order chi connectivity index (χ0) is 20.0. The molecule has 0 atom stereocenters. The number of carbonyl (C=O) groups excluding carboxylic acids is 1. The van der Waals surface area contributed by atoms with Gasteiger partial charge in [-0.25, -0.2) is 9.97 Å². The second-order valence-corrected chi connectivity index (χ2v) is 9.47. The zero-order valence-corrected chi connectivity index (χ0v) is 18.0. The maximum Gasteiger partial charge on any atom is 0.174 e. The number of hydrogen-bond donors (Lipinski definition) is 0. The van der Waals surface area contributed by atoms with Gasteiger partial charge in [-0.2, -0.15) is 0 Å². The van der Waals surface area contributed by atoms with E-state index in [9.17, 15) is 4.79 Å². The number of ketones is 1. The number of aromatic nitrogens is 3. The fourth-order valence-corrected chi connectivity index (χ4v) is 5.78. The predicted octanol–water partition coefficient (Wildman–Crippen LogP) is 6.09. The molecule has 1 saturated carbocycles. The molecular weight excluding hydrogens is 398 g/mol. The minimum absolute atomic E-state index is 0.167. The van der Waals surface area contributed by atoms with Crippen molar-refractivity contribution in [2.75, 3.05) is 5.75 Å². The van der Waals surface area contributed by atoms with Crippen molar-refractivity contribution in [3.63, 3.8) is 0 Å². The Bertz CT molecular complexity index is 1210. The first kappa shape index (κ1) is 18.6. The summed E-state index contributed by atoms with van der Waals surface area (Å²) in [5.41, 5.74) is 4.32. The Balaban J connectivity index is 1.39. The standard InChI is InChI=1S/C23H21N3OS2/c1-14-10-18(15(2)26(14)17-8-9-17)20(27)12-28-22-19-11-21(16-6-4-3-5-7-16)29-23(19)25-13-24-22/h3-7,10-11,13,17H,8-9,12H2,1-2H3. The first-order valence-electron chi connectivity index (χ1n) is 9.76. The van der Waals surface area contributed by atoms with Crippen LogP contribution in [0.1, 0.15) is 40.6 Å². The van der Waals surface area contributed by atoms with Crippen LogP contribution in [0.3, 0.4) is 0 Å². The number of aryl methyl sites for hydroxylation is 1. The smallest absolute Gasteiger partial charge is 0.174 e. The molecule has 4 aromatic rings. The summed E-state index contributed by atoms with van der Waals surface area (Å²) in [6, 6.07) is 15.1. The van der Waals surface area contributed by atoms with Crippen LogP contribution in [-0.4, -0.2) is 26.1 Å². The summed E-state index contributed by atoms with van der Waals surface area (Å²) in [7, 11) is 0. The van der Waals surface area contributed by atoms with E-state index in [2.05, 4.69) is 46.6 Å². The highest BCUT2D eigenvalue weighted by atomic mass is 32.2. The first-order chi connectivity index (χ1) is 14.1. The van der Waals surface area contributed by atoms with Crippen LogP contribution in [0.2, 0.25) is 0 Å². The monoisotopic (exact) mass is 419 g/mol. The van der Waals surface area contributed by atoms with Gasteiger partial charge in [0.2, 0.25) is 0 Å². The minimum Gasteiger partial charge on any atom is -0.345 e. The molecule has 1 aliphatic carbocycles. The predicted molar refractivity (Wildman–Crippen MR) is 120 cm³/mol. The Hall–Kier alpha value is -2.44. The molecule has 3 heterocycles. The largest absolute Gasteiger partial charge is 0.345 e. The van der Waals surface area contributed by atoms with Gasteiger partial charge < -0.3 is 4.57 Å². The number of hydrogen-bond acceptors (Lipinski definition) is 5. The van der Waals surface area contributed by atoms with E-state index < -0.39 is 0 Å². The molecule has 5 rings (SSSR count). The van der Waals surface area contributed by atoms with Crippen molar-refractivity contribution in [2.24, 2.45) is 0 Å². The van der Waals surface area contributed by atoms with E-state index in [1.807, 2.05) is 24.3 Å². The van der Waals surface area contributed by atoms with Gasteiger partial charge in [0, 0.05) is 33.3 Å². The molecule has 3 aromatic heterocycles. The molecule has 146 valence electrons. The second-order valence-electron chi connectivity index (χ2n) is 7.47. The Kier molecular flexibility index (Phi) is 4.76. The minimum atomic E-state index is 0.167. The number of carbonyl (C=O) groups is 1. The van der Waals surface area contributed by atoms with E-state index in [1.165, 1.54) is 40.7 Å². The molecule has 0 radical (unpaired) electrons. The van der Waals surface area contributed by atoms with E-state index in [4.69, 9.17) is 0 Å². The van der Waals surface area contributed by atoms with Gasteiger partial charge in [-0.1, -0.05) is 42.1 Å². The summed E-state index contributed by atoms with van der Waals surface area (Å²) < 4.78 is 2.33. The Labute approximate surface area is 178 Å². The lowest BCUT2D eigenvalue weighted by Crippen LogP contribution is -2.06. The third-order valence-electron chi connectivity index (χ3n) is 5.39. The van der Waals surface area contributed by atoms with Crippen LogP contribution < -0.4 is 0 Å². The van der Waals surface area contributed by atoms with Crippen LogP contribution in [0, 0.1) is 13.8 Å². The lowest BCUT2D eigenvalue weighted by molar-refractivity contribution is 0.102. The maximum absolute atomic E-state index is 12.9. The SMILES string of the molecule is Cc1cc(C(=O)CSc2ncnc3sc(-c4ccccc4)cc23)c(C)n1C1CC1. The highest BCUT2D eigenvalue weighted by Crippen LogP contribution is 2.39. The van der Waals surface area contributed by atoms with Crippen molar-refractivity contribution in [3.8, 4) is 10.4 Å². The maximum atomic E-state index is 12.9. The van der Waals surface area contributed by atoms with Crippen molar-refractivity contribution in [2.45, 2.75) is 37.8 Å². The van der Waals surface area contributed by atoms with Gasteiger partial charge >= 0.3 is 0 Å². The molecule has 1 aliphatic rings. The first-order valence-corrected chi connectivity index (χ1v) is 11.6. The van der Waals surface area contributed by atoms with Crippen LogP contribution in [0.4, 0.5) is 0 Å². The number of fused-ring (bicyclic) bond motifs is 1. The molecule has 4 nitrogen and oxygen atoms in total. The lowest BCUT2D eigenvalue weighted by Gasteiger charge is -2.07. The average Bonchev–Trinajstić information content (AvgIpc) is 3.38. The molecule has 0 N–H and O–H groups in total. The van der Waals surface area contributed by atoms with Crippen LogP contribution >= 0.6 is 23.1 Å². The number of nitrogens with zero attached hydrogens (tertiary/aromatic N) is 3. The molecule has 0 bridgehead atoms. The van der Waals surface area contributed by atoms with E-state index in [0.717, 1.165) is 26.5 Å². The Morgan fingerprint density at radius 1 is 1.17 bits per heavy atom. The van der Waals surface area contributed by atoms with Crippen molar-refractivity contribution in [3.05, 3.63) is 65.7 Å². The molecule has 0 unspecified atom stereocenters. The van der Waals surface area contributed by atoms with Gasteiger partial charge in [0.25, 0.3) is 0 Å². The summed E-state index contributed by atoms with van der Waals surface area (Å²) >= 11 is 3.17. The number of thioether (sulfide) groups is 1. The zero-order valence-electron chi connectivity index (χ0n) is 16.4. The van der Waals surface area contributed by atoms with Crippen molar-refractivity contribution in [1.29, 1.82) is 0 Å². The van der Waals surface area contributed by atoms with Gasteiger partial charge in [0.15, 0.2) is 5.78 Å². The van der Waals surface area contributed by atoms with Crippen molar-refractivity contribution in [1.82, 2.24) is 14.5 Å². The van der Waals surface area contributed by atoms with Crippen molar-refractivity contribution < 1.29 is 4.79 Å². The number of rotatable bonds is 6. The topological polar surface area (TPSA) is 47.8 Å². The van der Waals surface area contributed by atoms with E-state index >= 15 is 0 Å². The number of benzene rings is 1. The van der Waals surface area contributed by atoms with Gasteiger partial charge in [-0.05, 0) is 44.4 Å². The normalized spacial score (nSPS) is 13.9. The number of Topliss-reactive ketones (excluding diaryl/α,β-unsaturated/α-hetero) is 1. The third kappa shape index (κ3) is 3.51. The van der Waals surface area contributed by atoms with E-state index in [-0.39, 0.29) is 5.78 Å². The van der Waals surface area contributed by atoms with E-state index in [0.29, 0.717) is 11.8 Å². The van der Waals surface area contributed by atoms with Crippen LogP contribution in [-0.2, 0) is 0 Å². The van der Waals surface area contributed by atoms with Crippen LogP contribution in [0.25, 0.3) is 20.7 Å². The molecule has 6 heteroatoms. The average molecular weight is 420 g/mol. The molecule has 0 spiro atoms. The van der Waals surface area contributed by atoms with Gasteiger partial charge in [-0.15, -0.1) is 11.3 Å². The molecule has 1 aromatic carbocycles. The molecule has 1 fully saturated rings. The Morgan fingerprint density at radius 3 is 2.72 bits per heavy atom. The highest BCUT2D eigenvalue weighted by molar-refractivity contribution is 8.00. The van der Waals surface area contributed by atoms with E-state index in [1.54, 1.807) is 17.7 Å². The van der Waals surface area contributed by atoms with Gasteiger partial charge in [0.05, 0.1) is 5.75 Å². The Morgan fingerprint density at radius 2 is 1.97 bits per heavy atom. The van der Waals surface area contributed by atoms with Crippen LogP contribution in [0.5, 0.6) is 0 Å². The third-order valence-corrected chi connectivity index (χ3v) is 7.49. The summed E-state index contributed by atoms with van der Waals surface area (Å²) in [6.07, 6.45) is 4.04. The van der Waals surface area contributed by atoms with Crippen LogP contribution in [0.15, 0.2) is 53.8 Å². The summed E-state index contributed by atoms with van der Waals surface area (Å²) in [5.74, 6) is 0.553. The molecule has 0 amide bonds. The van der Waals surface area contributed by atoms with Gasteiger partial charge in [0.1, 0.15) is 16.2 Å². The molecule has 29 heavy (non-hydrogen) atoms. The number of thiophene rings is 1. The molecule has 0 aliphatic heterocycles. The molecular formula is C23H21N3OS2. The second kappa shape index (κ2) is 7.43. The summed E-state index contributed by atoms with van der Waals surface area (Å²) in [6.45, 7) is 4.16. The lowest BCUT2D eigenvalue weighted by atomic mass is 10.2.